The molecule has 21 heavy (non-hydrogen) atoms. The second-order valence-electron chi connectivity index (χ2n) is 4.09. The first-order valence-corrected chi connectivity index (χ1v) is 6.85. The van der Waals surface area contributed by atoms with Crippen LogP contribution in [0.3, 0.4) is 0 Å². The van der Waals surface area contributed by atoms with Gasteiger partial charge in [-0.3, -0.25) is 9.59 Å². The fourth-order valence-corrected chi connectivity index (χ4v) is 1.57. The average molecular weight is 355 g/mol. The first kappa shape index (κ1) is 17.8. The highest BCUT2D eigenvalue weighted by Crippen LogP contribution is 2.26. The lowest BCUT2D eigenvalue weighted by atomic mass is 10.1. The van der Waals surface area contributed by atoms with E-state index < -0.39 is 27.5 Å². The van der Waals surface area contributed by atoms with E-state index in [1.165, 1.54) is 36.4 Å². The number of rotatable bonds is 5. The predicted octanol–water partition coefficient (Wildman–Crippen LogP) is 3.17. The second kappa shape index (κ2) is 7.64. The summed E-state index contributed by atoms with van der Waals surface area (Å²) in [6.45, 7) is 0. The second-order valence-corrected chi connectivity index (χ2v) is 6.37. The lowest BCUT2D eigenvalue weighted by Gasteiger charge is -2.17. The highest BCUT2D eigenvalue weighted by molar-refractivity contribution is 6.76. The molecule has 1 amide bonds. The van der Waals surface area contributed by atoms with Crippen molar-refractivity contribution >= 4 is 52.8 Å². The predicted molar refractivity (Wildman–Crippen MR) is 79.9 cm³/mol. The van der Waals surface area contributed by atoms with Crippen LogP contribution in [0.4, 0.5) is 4.39 Å². The van der Waals surface area contributed by atoms with Gasteiger partial charge in [0.05, 0.1) is 12.5 Å². The topological polar surface area (TPSA) is 66.4 Å². The number of alkyl halides is 3. The van der Waals surface area contributed by atoms with Gasteiger partial charge in [0.1, 0.15) is 5.82 Å². The van der Waals surface area contributed by atoms with Crippen molar-refractivity contribution in [1.82, 2.24) is 5.32 Å². The van der Waals surface area contributed by atoms with Crippen molar-refractivity contribution in [3.05, 3.63) is 41.7 Å². The Morgan fingerprint density at radius 2 is 1.86 bits per heavy atom. The molecular weight excluding hydrogens is 344 g/mol. The molecule has 2 N–H and O–H groups in total. The Kier molecular flexibility index (Phi) is 6.45. The van der Waals surface area contributed by atoms with Gasteiger partial charge in [-0.15, -0.1) is 0 Å². The molecule has 0 saturated carbocycles. The number of benzene rings is 1. The number of nitrogens with one attached hydrogen (secondary N) is 1. The van der Waals surface area contributed by atoms with Crippen LogP contribution >= 0.6 is 34.8 Å². The van der Waals surface area contributed by atoms with Gasteiger partial charge in [-0.05, 0) is 17.7 Å². The Balaban J connectivity index is 2.80. The monoisotopic (exact) mass is 353 g/mol. The quantitative estimate of drug-likeness (QED) is 0.798. The van der Waals surface area contributed by atoms with E-state index in [1.807, 2.05) is 0 Å². The molecule has 0 radical (unpaired) electrons. The largest absolute Gasteiger partial charge is 0.481 e. The lowest BCUT2D eigenvalue weighted by Crippen LogP contribution is -2.41. The van der Waals surface area contributed by atoms with Gasteiger partial charge in [0.15, 0.2) is 0 Å². The van der Waals surface area contributed by atoms with E-state index in [9.17, 15) is 14.0 Å². The third kappa shape index (κ3) is 6.80. The van der Waals surface area contributed by atoms with Crippen molar-refractivity contribution in [1.29, 1.82) is 0 Å². The first-order valence-electron chi connectivity index (χ1n) is 5.71. The van der Waals surface area contributed by atoms with Crippen LogP contribution in [-0.4, -0.2) is 26.8 Å². The molecule has 0 heterocycles. The molecule has 1 rings (SSSR count). The summed E-state index contributed by atoms with van der Waals surface area (Å²) in [6.07, 6.45) is 2.57. The average Bonchev–Trinajstić information content (AvgIpc) is 2.36. The molecule has 4 nitrogen and oxygen atoms in total. The van der Waals surface area contributed by atoms with Crippen LogP contribution < -0.4 is 5.32 Å². The molecule has 0 aromatic heterocycles. The number of halogens is 4. The van der Waals surface area contributed by atoms with Gasteiger partial charge in [0, 0.05) is 0 Å². The standard InChI is InChI=1S/C13H11Cl3FNO3/c14-13(15,16)12(21)18-10(7-11(19)20)6-3-8-1-4-9(17)5-2-8/h1-6,10H,7H2,(H,18,21)(H,19,20)/b6-3+/t10-/m1/s1. The molecule has 1 aromatic rings. The Labute approximate surface area is 135 Å². The van der Waals surface area contributed by atoms with Crippen LogP contribution in [0.15, 0.2) is 30.3 Å². The van der Waals surface area contributed by atoms with Crippen LogP contribution in [0.2, 0.25) is 0 Å². The normalized spacial score (nSPS) is 13.1. The molecule has 114 valence electrons. The Morgan fingerprint density at radius 1 is 1.29 bits per heavy atom. The number of carbonyl (C=O) groups is 2. The third-order valence-electron chi connectivity index (χ3n) is 2.36. The van der Waals surface area contributed by atoms with Crippen LogP contribution in [0.1, 0.15) is 12.0 Å². The van der Waals surface area contributed by atoms with E-state index in [0.717, 1.165) is 0 Å². The summed E-state index contributed by atoms with van der Waals surface area (Å²) >= 11 is 16.2. The van der Waals surface area contributed by atoms with Crippen molar-refractivity contribution in [3.63, 3.8) is 0 Å². The third-order valence-corrected chi connectivity index (χ3v) is 2.87. The summed E-state index contributed by atoms with van der Waals surface area (Å²) in [5.41, 5.74) is 0.634. The number of carboxylic acids is 1. The molecule has 0 aliphatic rings. The van der Waals surface area contributed by atoms with Gasteiger partial charge in [-0.1, -0.05) is 59.1 Å². The molecule has 0 spiro atoms. The van der Waals surface area contributed by atoms with Crippen LogP contribution in [0.5, 0.6) is 0 Å². The number of aliphatic carboxylic acids is 1. The van der Waals surface area contributed by atoms with Gasteiger partial charge in [-0.25, -0.2) is 4.39 Å². The van der Waals surface area contributed by atoms with E-state index in [-0.39, 0.29) is 6.42 Å². The maximum Gasteiger partial charge on any atom is 0.305 e. The fourth-order valence-electron chi connectivity index (χ4n) is 1.41. The molecule has 0 saturated heterocycles. The minimum atomic E-state index is -2.18. The minimum Gasteiger partial charge on any atom is -0.481 e. The zero-order valence-electron chi connectivity index (χ0n) is 10.5. The van der Waals surface area contributed by atoms with Crippen molar-refractivity contribution in [2.75, 3.05) is 0 Å². The fraction of sp³-hybridized carbons (Fsp3) is 0.231. The van der Waals surface area contributed by atoms with Crippen molar-refractivity contribution < 1.29 is 19.1 Å². The molecule has 8 heteroatoms. The molecule has 0 bridgehead atoms. The zero-order valence-corrected chi connectivity index (χ0v) is 12.8. The zero-order chi connectivity index (χ0) is 16.0. The van der Waals surface area contributed by atoms with Gasteiger partial charge < -0.3 is 10.4 Å². The van der Waals surface area contributed by atoms with Crippen molar-refractivity contribution in [2.45, 2.75) is 16.3 Å². The highest BCUT2D eigenvalue weighted by atomic mass is 35.6. The SMILES string of the molecule is O=C(O)C[C@@H](/C=C/c1ccc(F)cc1)NC(=O)C(Cl)(Cl)Cl. The highest BCUT2D eigenvalue weighted by Gasteiger charge is 2.32. The van der Waals surface area contributed by atoms with E-state index in [2.05, 4.69) is 5.32 Å². The molecule has 0 aliphatic carbocycles. The molecule has 1 atom stereocenters. The number of hydrogen-bond donors (Lipinski definition) is 2. The molecule has 1 aromatic carbocycles. The number of amides is 1. The Bertz CT molecular complexity index is 541. The lowest BCUT2D eigenvalue weighted by molar-refractivity contribution is -0.137. The van der Waals surface area contributed by atoms with Crippen LogP contribution in [0.25, 0.3) is 6.08 Å². The van der Waals surface area contributed by atoms with Crippen LogP contribution in [-0.2, 0) is 9.59 Å². The summed E-state index contributed by atoms with van der Waals surface area (Å²) in [4.78, 5) is 22.3. The summed E-state index contributed by atoms with van der Waals surface area (Å²) in [5, 5.41) is 11.1. The van der Waals surface area contributed by atoms with Crippen molar-refractivity contribution in [3.8, 4) is 0 Å². The Hall–Kier alpha value is -1.30. The van der Waals surface area contributed by atoms with Gasteiger partial charge >= 0.3 is 5.97 Å². The van der Waals surface area contributed by atoms with Crippen LogP contribution in [0, 0.1) is 5.82 Å². The Morgan fingerprint density at radius 3 is 2.33 bits per heavy atom. The maximum absolute atomic E-state index is 12.8. The van der Waals surface area contributed by atoms with E-state index >= 15 is 0 Å². The van der Waals surface area contributed by atoms with E-state index in [4.69, 9.17) is 39.9 Å². The molecule has 0 fully saturated rings. The first-order chi connectivity index (χ1) is 9.68. The van der Waals surface area contributed by atoms with Gasteiger partial charge in [0.2, 0.25) is 0 Å². The summed E-state index contributed by atoms with van der Waals surface area (Å²) in [7, 11) is 0. The summed E-state index contributed by atoms with van der Waals surface area (Å²) < 4.78 is 10.6. The summed E-state index contributed by atoms with van der Waals surface area (Å²) in [6, 6.07) is 4.65. The molecule has 0 unspecified atom stereocenters. The smallest absolute Gasteiger partial charge is 0.305 e. The van der Waals surface area contributed by atoms with Gasteiger partial charge in [0.25, 0.3) is 9.70 Å². The molecule has 0 aliphatic heterocycles. The van der Waals surface area contributed by atoms with Crippen molar-refractivity contribution in [2.24, 2.45) is 0 Å². The number of hydrogen-bond acceptors (Lipinski definition) is 2. The van der Waals surface area contributed by atoms with E-state index in [0.29, 0.717) is 5.56 Å². The van der Waals surface area contributed by atoms with E-state index in [1.54, 1.807) is 0 Å². The van der Waals surface area contributed by atoms with Gasteiger partial charge in [-0.2, -0.15) is 0 Å². The minimum absolute atomic E-state index is 0.385. The number of carbonyl (C=O) groups excluding carboxylic acids is 1. The molecular formula is C13H11Cl3FNO3. The number of carboxylic acid groups (broad SMARTS) is 1. The maximum atomic E-state index is 12.8. The summed E-state index contributed by atoms with van der Waals surface area (Å²) in [5.74, 6) is -2.45.